The summed E-state index contributed by atoms with van der Waals surface area (Å²) >= 11 is 0. The van der Waals surface area contributed by atoms with Crippen LogP contribution < -0.4 is 20.7 Å². The molecule has 0 aliphatic heterocycles. The molecule has 1 fully saturated rings. The van der Waals surface area contributed by atoms with Crippen LogP contribution >= 0.6 is 0 Å². The minimum Gasteiger partial charge on any atom is -0.491 e. The fourth-order valence-electron chi connectivity index (χ4n) is 5.94. The summed E-state index contributed by atoms with van der Waals surface area (Å²) in [6.45, 7) is 6.99. The van der Waals surface area contributed by atoms with Crippen LogP contribution in [0.15, 0.2) is 72.8 Å². The van der Waals surface area contributed by atoms with Crippen LogP contribution in [0.2, 0.25) is 0 Å². The third kappa shape index (κ3) is 11.4. The zero-order valence-corrected chi connectivity index (χ0v) is 29.6. The van der Waals surface area contributed by atoms with Gasteiger partial charge in [-0.25, -0.2) is 4.79 Å². The third-order valence-corrected chi connectivity index (χ3v) is 8.68. The molecule has 1 aromatic heterocycles. The minimum absolute atomic E-state index is 0.148. The molecule has 1 aliphatic rings. The van der Waals surface area contributed by atoms with Crippen molar-refractivity contribution < 1.29 is 28.6 Å². The smallest absolute Gasteiger partial charge is 0.407 e. The van der Waals surface area contributed by atoms with Gasteiger partial charge in [0.15, 0.2) is 0 Å². The Kier molecular flexibility index (Phi) is 12.7. The molecular formula is C38H47N7O6. The molecule has 1 heterocycles. The largest absolute Gasteiger partial charge is 0.491 e. The number of nitrogens with one attached hydrogen (secondary N) is 4. The van der Waals surface area contributed by atoms with E-state index in [1.54, 1.807) is 31.4 Å². The Labute approximate surface area is 298 Å². The fourth-order valence-corrected chi connectivity index (χ4v) is 5.94. The molecule has 3 amide bonds. The number of anilines is 1. The average Bonchev–Trinajstić information content (AvgIpc) is 3.66. The predicted molar refractivity (Wildman–Crippen MR) is 193 cm³/mol. The Balaban J connectivity index is 1.22. The Hall–Kier alpha value is -5.30. The number of carbonyl (C=O) groups excluding carboxylic acids is 3. The van der Waals surface area contributed by atoms with E-state index >= 15 is 0 Å². The van der Waals surface area contributed by atoms with Crippen molar-refractivity contribution in [1.29, 1.82) is 0 Å². The lowest BCUT2D eigenvalue weighted by molar-refractivity contribution is -0.130. The topological polar surface area (TPSA) is 169 Å². The van der Waals surface area contributed by atoms with Crippen molar-refractivity contribution in [3.63, 3.8) is 0 Å². The standard InChI is InChI=1S/C38H47N7O6/c1-38(2,3)51-37(48)39-24-26-7-11-30(12-8-26)35(46)41-33(36(47)40-31-17-13-29(14-18-31)34-42-44-45-43-34)23-25-5-9-27(10-6-25)28-15-19-32(20-16-28)50-22-21-49-4/h5-6,9-10,13-20,26,30,33H,7-8,11-12,21-24H2,1-4H3,(H,39,48)(H,40,47)(H,41,46)(H,42,43,44,45)/t26?,30?,33-/m0/s1. The van der Waals surface area contributed by atoms with E-state index in [0.29, 0.717) is 50.5 Å². The molecule has 270 valence electrons. The van der Waals surface area contributed by atoms with Gasteiger partial charge in [0.2, 0.25) is 17.6 Å². The van der Waals surface area contributed by atoms with Gasteiger partial charge in [-0.3, -0.25) is 9.59 Å². The van der Waals surface area contributed by atoms with Gasteiger partial charge in [-0.2, -0.15) is 5.21 Å². The van der Waals surface area contributed by atoms with Crippen molar-refractivity contribution in [3.8, 4) is 28.3 Å². The molecule has 13 nitrogen and oxygen atoms in total. The van der Waals surface area contributed by atoms with E-state index in [1.165, 1.54) is 0 Å². The van der Waals surface area contributed by atoms with E-state index in [-0.39, 0.29) is 23.7 Å². The number of methoxy groups -OCH3 is 1. The Morgan fingerprint density at radius 1 is 0.863 bits per heavy atom. The third-order valence-electron chi connectivity index (χ3n) is 8.68. The molecule has 4 N–H and O–H groups in total. The van der Waals surface area contributed by atoms with E-state index in [9.17, 15) is 14.4 Å². The lowest BCUT2D eigenvalue weighted by atomic mass is 9.81. The SMILES string of the molecule is COCCOc1ccc(-c2ccc(C[C@H](NC(=O)C3CCC(CNC(=O)OC(C)(C)C)CC3)C(=O)Nc3ccc(-c4nn[nH]n4)cc3)cc2)cc1. The van der Waals surface area contributed by atoms with E-state index < -0.39 is 17.7 Å². The first-order valence-electron chi connectivity index (χ1n) is 17.3. The normalized spacial score (nSPS) is 16.5. The van der Waals surface area contributed by atoms with Crippen LogP contribution in [0.3, 0.4) is 0 Å². The number of aromatic amines is 1. The highest BCUT2D eigenvalue weighted by Gasteiger charge is 2.30. The van der Waals surface area contributed by atoms with Crippen LogP contribution in [0.1, 0.15) is 52.0 Å². The van der Waals surface area contributed by atoms with Crippen LogP contribution in [0.4, 0.5) is 10.5 Å². The number of tetrazole rings is 1. The summed E-state index contributed by atoms with van der Waals surface area (Å²) in [7, 11) is 1.64. The molecular weight excluding hydrogens is 650 g/mol. The van der Waals surface area contributed by atoms with Gasteiger partial charge in [0, 0.05) is 37.2 Å². The monoisotopic (exact) mass is 697 g/mol. The summed E-state index contributed by atoms with van der Waals surface area (Å²) in [6, 6.07) is 22.1. The van der Waals surface area contributed by atoms with Crippen molar-refractivity contribution in [3.05, 3.63) is 78.4 Å². The number of aromatic nitrogens is 4. The van der Waals surface area contributed by atoms with Crippen LogP contribution in [0.25, 0.3) is 22.5 Å². The summed E-state index contributed by atoms with van der Waals surface area (Å²) in [6.07, 6.45) is 2.79. The molecule has 51 heavy (non-hydrogen) atoms. The minimum atomic E-state index is -0.810. The number of ether oxygens (including phenoxy) is 3. The lowest BCUT2D eigenvalue weighted by Gasteiger charge is -2.29. The van der Waals surface area contributed by atoms with Crippen LogP contribution in [-0.2, 0) is 25.5 Å². The Morgan fingerprint density at radius 3 is 2.12 bits per heavy atom. The number of rotatable bonds is 14. The van der Waals surface area contributed by atoms with Crippen LogP contribution in [0.5, 0.6) is 5.75 Å². The number of H-pyrrole nitrogens is 1. The number of hydrogen-bond acceptors (Lipinski definition) is 9. The molecule has 0 saturated heterocycles. The van der Waals surface area contributed by atoms with Gasteiger partial charge in [0.1, 0.15) is 24.0 Å². The van der Waals surface area contributed by atoms with Crippen molar-refractivity contribution in [2.45, 2.75) is 64.5 Å². The maximum Gasteiger partial charge on any atom is 0.407 e. The molecule has 1 saturated carbocycles. The highest BCUT2D eigenvalue weighted by atomic mass is 16.6. The number of hydrogen-bond donors (Lipinski definition) is 4. The van der Waals surface area contributed by atoms with Gasteiger partial charge in [0.05, 0.1) is 6.61 Å². The van der Waals surface area contributed by atoms with Crippen molar-refractivity contribution >= 4 is 23.6 Å². The molecule has 4 aromatic rings. The van der Waals surface area contributed by atoms with Gasteiger partial charge in [-0.15, -0.1) is 10.2 Å². The predicted octanol–water partition coefficient (Wildman–Crippen LogP) is 5.56. The van der Waals surface area contributed by atoms with E-state index in [0.717, 1.165) is 40.8 Å². The quantitative estimate of drug-likeness (QED) is 0.123. The summed E-state index contributed by atoms with van der Waals surface area (Å²) in [5.74, 6) is 0.783. The fraction of sp³-hybridized carbons (Fsp3) is 0.421. The van der Waals surface area contributed by atoms with Gasteiger partial charge in [-0.1, -0.05) is 36.4 Å². The van der Waals surface area contributed by atoms with Gasteiger partial charge < -0.3 is 30.2 Å². The molecule has 3 aromatic carbocycles. The maximum atomic E-state index is 13.7. The Bertz CT molecular complexity index is 1700. The van der Waals surface area contributed by atoms with E-state index in [2.05, 4.69) is 36.6 Å². The van der Waals surface area contributed by atoms with Crippen molar-refractivity contribution in [2.24, 2.45) is 11.8 Å². The second kappa shape index (κ2) is 17.6. The van der Waals surface area contributed by atoms with Crippen LogP contribution in [-0.4, -0.2) is 77.0 Å². The van der Waals surface area contributed by atoms with E-state index in [1.807, 2.05) is 69.3 Å². The van der Waals surface area contributed by atoms with Gasteiger partial charge >= 0.3 is 6.09 Å². The van der Waals surface area contributed by atoms with Crippen LogP contribution in [0, 0.1) is 11.8 Å². The first kappa shape index (κ1) is 37.0. The molecule has 0 spiro atoms. The summed E-state index contributed by atoms with van der Waals surface area (Å²) in [4.78, 5) is 39.4. The highest BCUT2D eigenvalue weighted by Crippen LogP contribution is 2.29. The van der Waals surface area contributed by atoms with Crippen molar-refractivity contribution in [2.75, 3.05) is 32.2 Å². The van der Waals surface area contributed by atoms with Gasteiger partial charge in [0.25, 0.3) is 0 Å². The molecule has 1 atom stereocenters. The summed E-state index contributed by atoms with van der Waals surface area (Å²) in [5.41, 5.74) is 3.72. The average molecular weight is 698 g/mol. The first-order chi connectivity index (χ1) is 24.6. The summed E-state index contributed by atoms with van der Waals surface area (Å²) in [5, 5.41) is 22.9. The molecule has 13 heteroatoms. The van der Waals surface area contributed by atoms with Gasteiger partial charge in [-0.05, 0) is 111 Å². The Morgan fingerprint density at radius 2 is 1.51 bits per heavy atom. The zero-order valence-electron chi connectivity index (χ0n) is 29.6. The molecule has 0 unspecified atom stereocenters. The number of nitrogens with zero attached hydrogens (tertiary/aromatic N) is 3. The molecule has 0 bridgehead atoms. The molecule has 0 radical (unpaired) electrons. The number of amides is 3. The zero-order chi connectivity index (χ0) is 36.2. The second-order valence-corrected chi connectivity index (χ2v) is 13.7. The first-order valence-corrected chi connectivity index (χ1v) is 17.3. The molecule has 5 rings (SSSR count). The van der Waals surface area contributed by atoms with Crippen molar-refractivity contribution in [1.82, 2.24) is 31.3 Å². The summed E-state index contributed by atoms with van der Waals surface area (Å²) < 4.78 is 16.1. The maximum absolute atomic E-state index is 13.7. The lowest BCUT2D eigenvalue weighted by Crippen LogP contribution is -2.48. The second-order valence-electron chi connectivity index (χ2n) is 13.7. The number of alkyl carbamates (subject to hydrolysis) is 1. The highest BCUT2D eigenvalue weighted by molar-refractivity contribution is 5.97. The number of benzene rings is 3. The van der Waals surface area contributed by atoms with E-state index in [4.69, 9.17) is 14.2 Å². The number of carbonyl (C=O) groups is 3. The molecule has 1 aliphatic carbocycles.